The first-order valence-electron chi connectivity index (χ1n) is 8.23. The maximum Gasteiger partial charge on any atom is 0.320 e. The third-order valence-electron chi connectivity index (χ3n) is 4.34. The van der Waals surface area contributed by atoms with E-state index < -0.39 is 0 Å². The van der Waals surface area contributed by atoms with Crippen LogP contribution in [0.3, 0.4) is 0 Å². The van der Waals surface area contributed by atoms with Gasteiger partial charge < -0.3 is 14.0 Å². The highest BCUT2D eigenvalue weighted by molar-refractivity contribution is 8.00. The minimum absolute atomic E-state index is 0.160. The van der Waals surface area contributed by atoms with Crippen molar-refractivity contribution in [3.63, 3.8) is 0 Å². The fourth-order valence-corrected chi connectivity index (χ4v) is 4.25. The zero-order valence-corrected chi connectivity index (χ0v) is 16.7. The number of hydrogen-bond acceptors (Lipinski definition) is 7. The molecule has 1 atom stereocenters. The average Bonchev–Trinajstić information content (AvgIpc) is 2.96. The molecule has 0 aliphatic carbocycles. The Labute approximate surface area is 161 Å². The molecule has 9 heteroatoms. The van der Waals surface area contributed by atoms with Crippen molar-refractivity contribution in [2.24, 2.45) is 7.05 Å². The Balaban J connectivity index is 1.78. The van der Waals surface area contributed by atoms with Gasteiger partial charge in [0.1, 0.15) is 11.0 Å². The van der Waals surface area contributed by atoms with Gasteiger partial charge in [0, 0.05) is 31.5 Å². The second kappa shape index (κ2) is 8.24. The lowest BCUT2D eigenvalue weighted by Gasteiger charge is -2.30. The molecule has 26 heavy (non-hydrogen) atoms. The number of esters is 1. The number of nitrogens with zero attached hydrogens (tertiary/aromatic N) is 4. The molecule has 0 spiro atoms. The van der Waals surface area contributed by atoms with Crippen LogP contribution in [0.1, 0.15) is 0 Å². The van der Waals surface area contributed by atoms with Crippen molar-refractivity contribution < 1.29 is 14.3 Å². The monoisotopic (exact) mass is 394 g/mol. The molecule has 2 aromatic rings. The number of ether oxygens (including phenoxy) is 2. The summed E-state index contributed by atoms with van der Waals surface area (Å²) < 4.78 is 14.4. The highest BCUT2D eigenvalue weighted by atomic mass is 32.2. The Morgan fingerprint density at radius 1 is 1.35 bits per heavy atom. The molecule has 3 rings (SSSR count). The van der Waals surface area contributed by atoms with Gasteiger partial charge in [-0.25, -0.2) is 4.68 Å². The predicted molar refractivity (Wildman–Crippen MR) is 104 cm³/mol. The summed E-state index contributed by atoms with van der Waals surface area (Å²) in [5.74, 6) is 2.30. The standard InChI is InChI=1S/C17H22N4O3S2/c1-19-15(12-4-6-13(23-2)7-5-12)18-21(17(19)25)11-20-8-9-26-14(10-20)16(22)24-3/h4-7,14H,8-11H2,1-3H3/t14-/m1/s1. The van der Waals surface area contributed by atoms with Crippen molar-refractivity contribution >= 4 is 29.9 Å². The quantitative estimate of drug-likeness (QED) is 0.569. The Morgan fingerprint density at radius 2 is 2.08 bits per heavy atom. The molecule has 0 saturated carbocycles. The zero-order valence-electron chi connectivity index (χ0n) is 15.0. The molecule has 0 N–H and O–H groups in total. The molecule has 0 amide bonds. The molecular formula is C17H22N4O3S2. The van der Waals surface area contributed by atoms with Crippen LogP contribution in [-0.4, -0.2) is 63.5 Å². The summed E-state index contributed by atoms with van der Waals surface area (Å²) in [5.41, 5.74) is 0.972. The number of hydrogen-bond donors (Lipinski definition) is 0. The summed E-state index contributed by atoms with van der Waals surface area (Å²) in [5, 5.41) is 4.53. The van der Waals surface area contributed by atoms with Crippen LogP contribution in [0.4, 0.5) is 0 Å². The van der Waals surface area contributed by atoms with Crippen LogP contribution in [0.25, 0.3) is 11.4 Å². The Bertz CT molecular complexity index is 832. The Hall–Kier alpha value is -1.84. The summed E-state index contributed by atoms with van der Waals surface area (Å²) in [4.78, 5) is 14.0. The number of rotatable bonds is 5. The number of thioether (sulfide) groups is 1. The van der Waals surface area contributed by atoms with Gasteiger partial charge in [0.15, 0.2) is 10.6 Å². The van der Waals surface area contributed by atoms with E-state index >= 15 is 0 Å². The summed E-state index contributed by atoms with van der Waals surface area (Å²) in [6.07, 6.45) is 0. The van der Waals surface area contributed by atoms with E-state index in [9.17, 15) is 4.79 Å². The van der Waals surface area contributed by atoms with E-state index in [1.54, 1.807) is 23.6 Å². The van der Waals surface area contributed by atoms with Gasteiger partial charge in [0.2, 0.25) is 0 Å². The first-order valence-corrected chi connectivity index (χ1v) is 9.69. The number of benzene rings is 1. The number of carbonyl (C=O) groups is 1. The second-order valence-electron chi connectivity index (χ2n) is 5.99. The fourth-order valence-electron chi connectivity index (χ4n) is 2.87. The van der Waals surface area contributed by atoms with Crippen molar-refractivity contribution in [3.05, 3.63) is 29.0 Å². The largest absolute Gasteiger partial charge is 0.497 e. The van der Waals surface area contributed by atoms with Gasteiger partial charge in [0.25, 0.3) is 0 Å². The molecule has 1 aliphatic rings. The number of carbonyl (C=O) groups excluding carboxylic acids is 1. The van der Waals surface area contributed by atoms with Gasteiger partial charge in [-0.05, 0) is 36.5 Å². The van der Waals surface area contributed by atoms with Gasteiger partial charge in [-0.1, -0.05) is 0 Å². The van der Waals surface area contributed by atoms with E-state index in [0.717, 1.165) is 29.4 Å². The van der Waals surface area contributed by atoms with Crippen molar-refractivity contribution in [2.45, 2.75) is 11.9 Å². The maximum atomic E-state index is 11.8. The molecule has 7 nitrogen and oxygen atoms in total. The van der Waals surface area contributed by atoms with Gasteiger partial charge in [-0.3, -0.25) is 9.69 Å². The maximum absolute atomic E-state index is 11.8. The molecule has 0 bridgehead atoms. The number of methoxy groups -OCH3 is 2. The smallest absolute Gasteiger partial charge is 0.320 e. The van der Waals surface area contributed by atoms with E-state index in [0.29, 0.717) is 18.0 Å². The van der Waals surface area contributed by atoms with Crippen LogP contribution in [-0.2, 0) is 23.2 Å². The summed E-state index contributed by atoms with van der Waals surface area (Å²) in [6, 6.07) is 7.73. The van der Waals surface area contributed by atoms with Crippen LogP contribution in [0.15, 0.2) is 24.3 Å². The first kappa shape index (κ1) is 18.9. The van der Waals surface area contributed by atoms with Crippen molar-refractivity contribution in [2.75, 3.05) is 33.1 Å². The van der Waals surface area contributed by atoms with E-state index in [1.165, 1.54) is 7.11 Å². The van der Waals surface area contributed by atoms with Gasteiger partial charge in [-0.15, -0.1) is 11.8 Å². The summed E-state index contributed by atoms with van der Waals surface area (Å²) in [7, 11) is 4.98. The van der Waals surface area contributed by atoms with Crippen molar-refractivity contribution in [1.82, 2.24) is 19.2 Å². The normalized spacial score (nSPS) is 17.9. The van der Waals surface area contributed by atoms with Crippen molar-refractivity contribution in [3.8, 4) is 17.1 Å². The molecule has 0 radical (unpaired) electrons. The molecular weight excluding hydrogens is 372 g/mol. The first-order chi connectivity index (χ1) is 12.5. The number of aromatic nitrogens is 3. The molecule has 1 aromatic carbocycles. The van der Waals surface area contributed by atoms with Crippen LogP contribution in [0.2, 0.25) is 0 Å². The lowest BCUT2D eigenvalue weighted by Crippen LogP contribution is -2.42. The molecule has 140 valence electrons. The average molecular weight is 395 g/mol. The third-order valence-corrected chi connectivity index (χ3v) is 5.98. The van der Waals surface area contributed by atoms with Crippen LogP contribution in [0.5, 0.6) is 5.75 Å². The van der Waals surface area contributed by atoms with Crippen LogP contribution in [0, 0.1) is 4.77 Å². The minimum Gasteiger partial charge on any atom is -0.497 e. The third kappa shape index (κ3) is 3.94. The lowest BCUT2D eigenvalue weighted by atomic mass is 10.2. The molecule has 1 saturated heterocycles. The fraction of sp³-hybridized carbons (Fsp3) is 0.471. The van der Waals surface area contributed by atoms with E-state index in [1.807, 2.05) is 35.9 Å². The summed E-state index contributed by atoms with van der Waals surface area (Å²) in [6.45, 7) is 2.07. The van der Waals surface area contributed by atoms with E-state index in [-0.39, 0.29) is 11.2 Å². The highest BCUT2D eigenvalue weighted by Crippen LogP contribution is 2.23. The van der Waals surface area contributed by atoms with Crippen LogP contribution < -0.4 is 4.74 Å². The second-order valence-corrected chi connectivity index (χ2v) is 7.67. The Kier molecular flexibility index (Phi) is 6.00. The van der Waals surface area contributed by atoms with Crippen LogP contribution >= 0.6 is 24.0 Å². The predicted octanol–water partition coefficient (Wildman–Crippen LogP) is 2.17. The van der Waals surface area contributed by atoms with E-state index in [2.05, 4.69) is 10.00 Å². The Morgan fingerprint density at radius 3 is 2.73 bits per heavy atom. The van der Waals surface area contributed by atoms with E-state index in [4.69, 9.17) is 21.7 Å². The SMILES string of the molecule is COC(=O)[C@H]1CN(Cn2nc(-c3ccc(OC)cc3)n(C)c2=S)CCS1. The molecule has 1 fully saturated rings. The van der Waals surface area contributed by atoms with Gasteiger partial charge in [0.05, 0.1) is 20.9 Å². The zero-order chi connectivity index (χ0) is 18.7. The topological polar surface area (TPSA) is 61.5 Å². The molecule has 1 aromatic heterocycles. The van der Waals surface area contributed by atoms with Gasteiger partial charge >= 0.3 is 5.97 Å². The molecule has 1 aliphatic heterocycles. The lowest BCUT2D eigenvalue weighted by molar-refractivity contribution is -0.140. The van der Waals surface area contributed by atoms with Crippen molar-refractivity contribution in [1.29, 1.82) is 0 Å². The molecule has 0 unspecified atom stereocenters. The molecule has 2 heterocycles. The van der Waals surface area contributed by atoms with Gasteiger partial charge in [-0.2, -0.15) is 5.10 Å². The highest BCUT2D eigenvalue weighted by Gasteiger charge is 2.27. The minimum atomic E-state index is -0.178. The summed E-state index contributed by atoms with van der Waals surface area (Å²) >= 11 is 7.18.